The van der Waals surface area contributed by atoms with Crippen molar-refractivity contribution in [2.24, 2.45) is 0 Å². The van der Waals surface area contributed by atoms with Gasteiger partial charge < -0.3 is 0 Å². The predicted octanol–water partition coefficient (Wildman–Crippen LogP) is 0.827. The van der Waals surface area contributed by atoms with Gasteiger partial charge in [0.2, 0.25) is 11.9 Å². The first-order chi connectivity index (χ1) is 12.0. The van der Waals surface area contributed by atoms with Gasteiger partial charge in [-0.2, -0.15) is 9.97 Å². The van der Waals surface area contributed by atoms with Crippen LogP contribution in [0.15, 0.2) is 24.4 Å². The van der Waals surface area contributed by atoms with E-state index in [-0.39, 0.29) is 18.6 Å². The fourth-order valence-corrected chi connectivity index (χ4v) is 2.21. The van der Waals surface area contributed by atoms with Gasteiger partial charge in [-0.25, -0.2) is 19.7 Å². The van der Waals surface area contributed by atoms with Crippen LogP contribution in [0.5, 0.6) is 0 Å². The van der Waals surface area contributed by atoms with E-state index < -0.39 is 6.03 Å². The molecular weight excluding hydrogens is 326 g/mol. The highest BCUT2D eigenvalue weighted by molar-refractivity contribution is 5.87. The summed E-state index contributed by atoms with van der Waals surface area (Å²) in [5.41, 5.74) is 0.585. The average molecular weight is 343 g/mol. The number of nitrogens with zero attached hydrogens (tertiary/aromatic N) is 6. The highest BCUT2D eigenvalue weighted by atomic mass is 16.7. The number of nitrogens with one attached hydrogen (secondary N) is 1. The molecule has 0 aromatic carbocycles. The molecule has 1 saturated heterocycles. The van der Waals surface area contributed by atoms with E-state index in [1.165, 1.54) is 16.9 Å². The zero-order chi connectivity index (χ0) is 17.8. The number of carbonyl (C=O) groups is 2. The summed E-state index contributed by atoms with van der Waals surface area (Å²) >= 11 is 0. The Morgan fingerprint density at radius 1 is 1.20 bits per heavy atom. The number of hydroxylamine groups is 2. The van der Waals surface area contributed by atoms with E-state index >= 15 is 0 Å². The molecule has 2 aromatic heterocycles. The standard InChI is InChI=1S/C15H17N7O3/c1-10-17-13(12-5-3-4-6-16-12)19-14(18-10)20-15(24)21-7-8-22(11(2)23)25-9-21/h3-6H,7-9H2,1-2H3,(H,17,18,19,20,24). The molecule has 0 aliphatic carbocycles. The number of urea groups is 1. The quantitative estimate of drug-likeness (QED) is 0.859. The Morgan fingerprint density at radius 2 is 2.04 bits per heavy atom. The summed E-state index contributed by atoms with van der Waals surface area (Å²) in [6.45, 7) is 3.74. The molecule has 0 radical (unpaired) electrons. The van der Waals surface area contributed by atoms with Gasteiger partial charge in [0.1, 0.15) is 11.5 Å². The third-order valence-corrected chi connectivity index (χ3v) is 3.44. The maximum Gasteiger partial charge on any atom is 0.326 e. The van der Waals surface area contributed by atoms with Crippen molar-refractivity contribution in [3.8, 4) is 11.5 Å². The second-order valence-corrected chi connectivity index (χ2v) is 5.32. The number of aromatic nitrogens is 4. The monoisotopic (exact) mass is 343 g/mol. The van der Waals surface area contributed by atoms with E-state index in [1.54, 1.807) is 25.3 Å². The van der Waals surface area contributed by atoms with Crippen molar-refractivity contribution in [1.29, 1.82) is 0 Å². The molecule has 10 nitrogen and oxygen atoms in total. The van der Waals surface area contributed by atoms with Gasteiger partial charge in [0, 0.05) is 19.7 Å². The van der Waals surface area contributed by atoms with Crippen LogP contribution in [-0.2, 0) is 9.63 Å². The van der Waals surface area contributed by atoms with Gasteiger partial charge in [-0.1, -0.05) is 6.07 Å². The lowest BCUT2D eigenvalue weighted by Crippen LogP contribution is -2.50. The number of anilines is 1. The first kappa shape index (κ1) is 16.7. The summed E-state index contributed by atoms with van der Waals surface area (Å²) in [7, 11) is 0. The number of rotatable bonds is 2. The molecule has 1 fully saturated rings. The van der Waals surface area contributed by atoms with Crippen molar-refractivity contribution in [1.82, 2.24) is 29.9 Å². The highest BCUT2D eigenvalue weighted by Crippen LogP contribution is 2.13. The molecule has 1 aliphatic rings. The smallest absolute Gasteiger partial charge is 0.297 e. The molecule has 0 atom stereocenters. The first-order valence-corrected chi connectivity index (χ1v) is 7.64. The lowest BCUT2D eigenvalue weighted by molar-refractivity contribution is -0.213. The minimum atomic E-state index is -0.416. The molecule has 0 bridgehead atoms. The maximum atomic E-state index is 12.3. The van der Waals surface area contributed by atoms with E-state index in [2.05, 4.69) is 25.3 Å². The van der Waals surface area contributed by atoms with E-state index in [0.717, 1.165) is 0 Å². The number of pyridine rings is 1. The lowest BCUT2D eigenvalue weighted by atomic mass is 10.3. The molecule has 10 heteroatoms. The molecule has 0 saturated carbocycles. The summed E-state index contributed by atoms with van der Waals surface area (Å²) in [5.74, 6) is 0.768. The Kier molecular flexibility index (Phi) is 4.80. The van der Waals surface area contributed by atoms with Gasteiger partial charge in [-0.3, -0.25) is 20.0 Å². The number of amides is 3. The molecule has 1 aliphatic heterocycles. The van der Waals surface area contributed by atoms with Crippen LogP contribution in [-0.4, -0.2) is 61.7 Å². The second kappa shape index (κ2) is 7.18. The third kappa shape index (κ3) is 4.04. The summed E-state index contributed by atoms with van der Waals surface area (Å²) in [6.07, 6.45) is 1.64. The first-order valence-electron chi connectivity index (χ1n) is 7.64. The van der Waals surface area contributed by atoms with Crippen LogP contribution < -0.4 is 5.32 Å². The van der Waals surface area contributed by atoms with Crippen LogP contribution in [0.1, 0.15) is 12.7 Å². The Labute approximate surface area is 143 Å². The minimum absolute atomic E-state index is 0.0252. The largest absolute Gasteiger partial charge is 0.326 e. The van der Waals surface area contributed by atoms with Crippen LogP contribution in [0.3, 0.4) is 0 Å². The Hall–Kier alpha value is -3.14. The van der Waals surface area contributed by atoms with Crippen LogP contribution in [0, 0.1) is 6.92 Å². The van der Waals surface area contributed by atoms with Crippen molar-refractivity contribution in [3.05, 3.63) is 30.2 Å². The van der Waals surface area contributed by atoms with Gasteiger partial charge in [0.15, 0.2) is 12.6 Å². The van der Waals surface area contributed by atoms with Crippen LogP contribution in [0.4, 0.5) is 10.7 Å². The van der Waals surface area contributed by atoms with E-state index in [0.29, 0.717) is 30.4 Å². The Balaban J connectivity index is 1.70. The summed E-state index contributed by atoms with van der Waals surface area (Å²) in [4.78, 5) is 47.0. The summed E-state index contributed by atoms with van der Waals surface area (Å²) in [5, 5.41) is 3.84. The van der Waals surface area contributed by atoms with Crippen LogP contribution in [0.25, 0.3) is 11.5 Å². The molecule has 3 rings (SSSR count). The Morgan fingerprint density at radius 3 is 2.68 bits per heavy atom. The van der Waals surface area contributed by atoms with E-state index in [4.69, 9.17) is 4.84 Å². The predicted molar refractivity (Wildman–Crippen MR) is 86.9 cm³/mol. The van der Waals surface area contributed by atoms with Crippen molar-refractivity contribution >= 4 is 17.9 Å². The molecule has 0 spiro atoms. The molecule has 25 heavy (non-hydrogen) atoms. The molecule has 3 heterocycles. The second-order valence-electron chi connectivity index (χ2n) is 5.32. The topological polar surface area (TPSA) is 113 Å². The number of hydrogen-bond acceptors (Lipinski definition) is 7. The molecule has 1 N–H and O–H groups in total. The van der Waals surface area contributed by atoms with Gasteiger partial charge in [-0.15, -0.1) is 0 Å². The van der Waals surface area contributed by atoms with Crippen molar-refractivity contribution in [3.63, 3.8) is 0 Å². The normalized spacial score (nSPS) is 14.3. The summed E-state index contributed by atoms with van der Waals surface area (Å²) in [6, 6.07) is 4.97. The fourth-order valence-electron chi connectivity index (χ4n) is 2.21. The maximum absolute atomic E-state index is 12.3. The molecular formula is C15H17N7O3. The average Bonchev–Trinajstić information content (AvgIpc) is 2.62. The number of aryl methyl sites for hydroxylation is 1. The zero-order valence-electron chi connectivity index (χ0n) is 13.8. The van der Waals surface area contributed by atoms with Gasteiger partial charge in [0.05, 0.1) is 6.54 Å². The van der Waals surface area contributed by atoms with Crippen molar-refractivity contribution in [2.75, 3.05) is 25.1 Å². The van der Waals surface area contributed by atoms with E-state index in [1.807, 2.05) is 6.07 Å². The molecule has 2 aromatic rings. The Bertz CT molecular complexity index is 776. The van der Waals surface area contributed by atoms with Gasteiger partial charge in [0.25, 0.3) is 0 Å². The fraction of sp³-hybridized carbons (Fsp3) is 0.333. The van der Waals surface area contributed by atoms with Gasteiger partial charge >= 0.3 is 6.03 Å². The summed E-state index contributed by atoms with van der Waals surface area (Å²) < 4.78 is 0. The molecule has 130 valence electrons. The van der Waals surface area contributed by atoms with Gasteiger partial charge in [-0.05, 0) is 19.1 Å². The van der Waals surface area contributed by atoms with Crippen LogP contribution >= 0.6 is 0 Å². The number of hydrogen-bond donors (Lipinski definition) is 1. The van der Waals surface area contributed by atoms with Crippen LogP contribution in [0.2, 0.25) is 0 Å². The molecule has 0 unspecified atom stereocenters. The lowest BCUT2D eigenvalue weighted by Gasteiger charge is -2.32. The zero-order valence-corrected chi connectivity index (χ0v) is 13.8. The molecule has 3 amide bonds. The third-order valence-electron chi connectivity index (χ3n) is 3.44. The van der Waals surface area contributed by atoms with E-state index in [9.17, 15) is 9.59 Å². The van der Waals surface area contributed by atoms with Crippen molar-refractivity contribution < 1.29 is 14.4 Å². The number of carbonyl (C=O) groups excluding carboxylic acids is 2. The minimum Gasteiger partial charge on any atom is -0.297 e. The van der Waals surface area contributed by atoms with Crippen molar-refractivity contribution in [2.45, 2.75) is 13.8 Å². The highest BCUT2D eigenvalue weighted by Gasteiger charge is 2.24. The SMILES string of the molecule is CC(=O)N1CCN(C(=O)Nc2nc(C)nc(-c3ccccn3)n2)CO1.